The Morgan fingerprint density at radius 2 is 1.70 bits per heavy atom. The predicted molar refractivity (Wildman–Crippen MR) is 102 cm³/mol. The number of alkyl halides is 3. The number of methoxy groups -OCH3 is 1. The highest BCUT2D eigenvalue weighted by Gasteiger charge is 2.38. The molecule has 1 aliphatic heterocycles. The molecule has 0 amide bonds. The van der Waals surface area contributed by atoms with Crippen molar-refractivity contribution in [2.24, 2.45) is 5.92 Å². The van der Waals surface area contributed by atoms with Gasteiger partial charge in [-0.05, 0) is 49.4 Å². The summed E-state index contributed by atoms with van der Waals surface area (Å²) in [5.74, 6) is -1.27. The minimum Gasteiger partial charge on any atom is -0.488 e. The van der Waals surface area contributed by atoms with Gasteiger partial charge in [-0.3, -0.25) is 4.79 Å². The average Bonchev–Trinajstić information content (AvgIpc) is 2.71. The molecule has 5 nitrogen and oxygen atoms in total. The first-order valence-corrected chi connectivity index (χ1v) is 9.11. The van der Waals surface area contributed by atoms with Crippen LogP contribution in [0.5, 0.6) is 11.5 Å². The number of hydrogen-bond donors (Lipinski definition) is 0. The van der Waals surface area contributed by atoms with Crippen molar-refractivity contribution in [2.75, 3.05) is 7.11 Å². The van der Waals surface area contributed by atoms with E-state index in [2.05, 4.69) is 0 Å². The summed E-state index contributed by atoms with van der Waals surface area (Å²) in [6, 6.07) is 10.6. The Balaban J connectivity index is 1.90. The van der Waals surface area contributed by atoms with Crippen LogP contribution in [0.1, 0.15) is 25.0 Å². The Morgan fingerprint density at radius 1 is 1.03 bits per heavy atom. The Bertz CT molecular complexity index is 993. The molecule has 2 atom stereocenters. The molecule has 0 fully saturated rings. The van der Waals surface area contributed by atoms with Crippen LogP contribution in [0.25, 0.3) is 5.76 Å². The van der Waals surface area contributed by atoms with Crippen molar-refractivity contribution in [3.05, 3.63) is 65.2 Å². The maximum absolute atomic E-state index is 12.8. The van der Waals surface area contributed by atoms with Crippen molar-refractivity contribution in [3.8, 4) is 11.5 Å². The lowest BCUT2D eigenvalue weighted by molar-refractivity contribution is -0.140. The van der Waals surface area contributed by atoms with Crippen LogP contribution in [0.15, 0.2) is 54.1 Å². The highest BCUT2D eigenvalue weighted by Crippen LogP contribution is 2.35. The molecule has 2 aromatic carbocycles. The zero-order chi connectivity index (χ0) is 22.1. The number of benzene rings is 2. The molecule has 1 aliphatic rings. The molecule has 0 radical (unpaired) electrons. The maximum Gasteiger partial charge on any atom is 0.416 e. The standard InChI is InChI=1S/C22H19F3O5/c1-12-13(2)29-20(18(19(12)26)21(27)28-3)14-7-9-16(10-8-14)30-17-6-4-5-15(11-17)22(23,24)25/h4-13H,1-3H3. The van der Waals surface area contributed by atoms with Crippen molar-refractivity contribution in [1.82, 2.24) is 0 Å². The number of carbonyl (C=O) groups excluding carboxylic acids is 2. The van der Waals surface area contributed by atoms with E-state index in [4.69, 9.17) is 14.2 Å². The van der Waals surface area contributed by atoms with Crippen LogP contribution in [-0.2, 0) is 25.2 Å². The molecular formula is C22H19F3O5. The molecule has 0 saturated carbocycles. The summed E-state index contributed by atoms with van der Waals surface area (Å²) < 4.78 is 54.6. The van der Waals surface area contributed by atoms with Gasteiger partial charge in [0.05, 0.1) is 18.6 Å². The van der Waals surface area contributed by atoms with Crippen molar-refractivity contribution in [1.29, 1.82) is 0 Å². The molecule has 2 aromatic rings. The van der Waals surface area contributed by atoms with Crippen LogP contribution in [0.3, 0.4) is 0 Å². The molecule has 2 unspecified atom stereocenters. The number of esters is 1. The molecule has 8 heteroatoms. The van der Waals surface area contributed by atoms with E-state index >= 15 is 0 Å². The highest BCUT2D eigenvalue weighted by atomic mass is 19.4. The molecule has 0 bridgehead atoms. The number of Topliss-reactive ketones (excluding diaryl/α,β-unsaturated/α-hetero) is 1. The van der Waals surface area contributed by atoms with E-state index in [9.17, 15) is 22.8 Å². The lowest BCUT2D eigenvalue weighted by atomic mass is 9.89. The monoisotopic (exact) mass is 420 g/mol. The number of hydrogen-bond acceptors (Lipinski definition) is 5. The second-order valence-electron chi connectivity index (χ2n) is 6.82. The Morgan fingerprint density at radius 3 is 2.30 bits per heavy atom. The Kier molecular flexibility index (Phi) is 5.87. The molecule has 1 heterocycles. The fourth-order valence-corrected chi connectivity index (χ4v) is 2.95. The van der Waals surface area contributed by atoms with Gasteiger partial charge in [0.15, 0.2) is 5.78 Å². The first kappa shape index (κ1) is 21.4. The smallest absolute Gasteiger partial charge is 0.416 e. The summed E-state index contributed by atoms with van der Waals surface area (Å²) >= 11 is 0. The molecule has 0 saturated heterocycles. The topological polar surface area (TPSA) is 61.8 Å². The van der Waals surface area contributed by atoms with E-state index in [-0.39, 0.29) is 28.6 Å². The minimum atomic E-state index is -4.47. The molecule has 3 rings (SSSR count). The van der Waals surface area contributed by atoms with Gasteiger partial charge in [-0.25, -0.2) is 4.79 Å². The van der Waals surface area contributed by atoms with Gasteiger partial charge in [0, 0.05) is 5.56 Å². The summed E-state index contributed by atoms with van der Waals surface area (Å²) in [7, 11) is 1.18. The third-order valence-corrected chi connectivity index (χ3v) is 4.80. The summed E-state index contributed by atoms with van der Waals surface area (Å²) in [6.45, 7) is 3.39. The minimum absolute atomic E-state index is 0.0265. The van der Waals surface area contributed by atoms with Crippen LogP contribution in [0, 0.1) is 5.92 Å². The van der Waals surface area contributed by atoms with Crippen LogP contribution >= 0.6 is 0 Å². The van der Waals surface area contributed by atoms with E-state index in [1.165, 1.54) is 31.4 Å². The molecule has 0 spiro atoms. The van der Waals surface area contributed by atoms with Crippen LogP contribution in [-0.4, -0.2) is 25.0 Å². The number of carbonyl (C=O) groups is 2. The SMILES string of the molecule is COC(=O)C1=C(c2ccc(Oc3cccc(C(F)(F)F)c3)cc2)OC(C)C(C)C1=O. The first-order chi connectivity index (χ1) is 14.1. The lowest BCUT2D eigenvalue weighted by Crippen LogP contribution is -2.35. The van der Waals surface area contributed by atoms with E-state index < -0.39 is 29.7 Å². The lowest BCUT2D eigenvalue weighted by Gasteiger charge is -2.29. The van der Waals surface area contributed by atoms with Gasteiger partial charge < -0.3 is 14.2 Å². The van der Waals surface area contributed by atoms with Gasteiger partial charge >= 0.3 is 12.1 Å². The zero-order valence-corrected chi connectivity index (χ0v) is 16.4. The molecule has 0 aliphatic carbocycles. The maximum atomic E-state index is 12.8. The summed E-state index contributed by atoms with van der Waals surface area (Å²) in [5, 5.41) is 0. The fourth-order valence-electron chi connectivity index (χ4n) is 2.95. The Hall–Kier alpha value is -3.29. The summed E-state index contributed by atoms with van der Waals surface area (Å²) in [6.07, 6.45) is -4.92. The van der Waals surface area contributed by atoms with E-state index in [0.717, 1.165) is 12.1 Å². The highest BCUT2D eigenvalue weighted by molar-refractivity contribution is 6.23. The van der Waals surface area contributed by atoms with Gasteiger partial charge in [-0.2, -0.15) is 13.2 Å². The van der Waals surface area contributed by atoms with Crippen LogP contribution < -0.4 is 4.74 Å². The van der Waals surface area contributed by atoms with Crippen molar-refractivity contribution < 1.29 is 37.0 Å². The molecule has 0 aromatic heterocycles. The van der Waals surface area contributed by atoms with Gasteiger partial charge in [-0.1, -0.05) is 13.0 Å². The quantitative estimate of drug-likeness (QED) is 0.514. The zero-order valence-electron chi connectivity index (χ0n) is 16.4. The van der Waals surface area contributed by atoms with Gasteiger partial charge in [-0.15, -0.1) is 0 Å². The van der Waals surface area contributed by atoms with Crippen LogP contribution in [0.4, 0.5) is 13.2 Å². The third-order valence-electron chi connectivity index (χ3n) is 4.80. The van der Waals surface area contributed by atoms with Crippen molar-refractivity contribution >= 4 is 17.5 Å². The predicted octanol–water partition coefficient (Wildman–Crippen LogP) is 5.01. The summed E-state index contributed by atoms with van der Waals surface area (Å²) in [5.41, 5.74) is -0.546. The normalized spacial score (nSPS) is 19.3. The number of rotatable bonds is 4. The molecular weight excluding hydrogens is 401 g/mol. The van der Waals surface area contributed by atoms with E-state index in [1.54, 1.807) is 26.0 Å². The van der Waals surface area contributed by atoms with E-state index in [1.807, 2.05) is 0 Å². The van der Waals surface area contributed by atoms with Gasteiger partial charge in [0.25, 0.3) is 0 Å². The van der Waals surface area contributed by atoms with Gasteiger partial charge in [0.2, 0.25) is 0 Å². The molecule has 0 N–H and O–H groups in total. The average molecular weight is 420 g/mol. The summed E-state index contributed by atoms with van der Waals surface area (Å²) in [4.78, 5) is 24.7. The fraction of sp³-hybridized carbons (Fsp3) is 0.273. The van der Waals surface area contributed by atoms with E-state index in [0.29, 0.717) is 5.56 Å². The number of ether oxygens (including phenoxy) is 3. The van der Waals surface area contributed by atoms with Crippen molar-refractivity contribution in [2.45, 2.75) is 26.1 Å². The molecule has 158 valence electrons. The number of halogens is 3. The third kappa shape index (κ3) is 4.32. The van der Waals surface area contributed by atoms with Crippen molar-refractivity contribution in [3.63, 3.8) is 0 Å². The van der Waals surface area contributed by atoms with Crippen LogP contribution in [0.2, 0.25) is 0 Å². The Labute approximate surface area is 171 Å². The van der Waals surface area contributed by atoms with Gasteiger partial charge in [0.1, 0.15) is 28.9 Å². The largest absolute Gasteiger partial charge is 0.488 e. The second kappa shape index (κ2) is 8.22. The second-order valence-corrected chi connectivity index (χ2v) is 6.82. The molecule has 30 heavy (non-hydrogen) atoms. The number of ketones is 1. The first-order valence-electron chi connectivity index (χ1n) is 9.11.